The summed E-state index contributed by atoms with van der Waals surface area (Å²) in [4.78, 5) is 23.7. The van der Waals surface area contributed by atoms with Crippen molar-refractivity contribution in [2.24, 2.45) is 0 Å². The zero-order valence-corrected chi connectivity index (χ0v) is 15.6. The number of nitrogens with one attached hydrogen (secondary N) is 2. The zero-order chi connectivity index (χ0) is 20.1. The molecule has 0 saturated carbocycles. The molecule has 0 spiro atoms. The van der Waals surface area contributed by atoms with Gasteiger partial charge in [0.2, 0.25) is 23.6 Å². The quantitative estimate of drug-likeness (QED) is 0.625. The lowest BCUT2D eigenvalue weighted by molar-refractivity contribution is 0.256. The van der Waals surface area contributed by atoms with E-state index in [0.29, 0.717) is 0 Å². The summed E-state index contributed by atoms with van der Waals surface area (Å²) >= 11 is 0. The van der Waals surface area contributed by atoms with Crippen molar-refractivity contribution in [2.45, 2.75) is 4.90 Å². The van der Waals surface area contributed by atoms with E-state index in [1.165, 1.54) is 50.9 Å². The molecule has 0 bridgehead atoms. The first-order chi connectivity index (χ1) is 13.4. The third-order valence-electron chi connectivity index (χ3n) is 3.39. The Hall–Kier alpha value is -3.67. The number of ether oxygens (including phenoxy) is 2. The molecule has 0 atom stereocenters. The summed E-state index contributed by atoms with van der Waals surface area (Å²) in [5.41, 5.74) is 0.201. The fourth-order valence-electron chi connectivity index (χ4n) is 2.21. The van der Waals surface area contributed by atoms with Crippen molar-refractivity contribution < 1.29 is 27.1 Å². The number of hydrogen-bond acceptors (Lipinski definition) is 9. The molecule has 1 aromatic carbocycles. The Morgan fingerprint density at radius 1 is 1.11 bits per heavy atom. The molecular formula is C16H15N5O6S. The van der Waals surface area contributed by atoms with Crippen LogP contribution in [-0.4, -0.2) is 43.6 Å². The van der Waals surface area contributed by atoms with Crippen molar-refractivity contribution in [3.63, 3.8) is 0 Å². The fraction of sp³-hybridized carbons (Fsp3) is 0.125. The van der Waals surface area contributed by atoms with E-state index in [4.69, 9.17) is 13.9 Å². The van der Waals surface area contributed by atoms with Crippen LogP contribution < -0.4 is 19.5 Å². The maximum absolute atomic E-state index is 12.7. The van der Waals surface area contributed by atoms with E-state index in [2.05, 4.69) is 20.3 Å². The lowest BCUT2D eigenvalue weighted by atomic mass is 10.2. The highest BCUT2D eigenvalue weighted by Crippen LogP contribution is 2.25. The van der Waals surface area contributed by atoms with Crippen molar-refractivity contribution >= 4 is 22.0 Å². The molecule has 146 valence electrons. The summed E-state index contributed by atoms with van der Waals surface area (Å²) in [6, 6.07) is 6.28. The number of anilines is 1. The highest BCUT2D eigenvalue weighted by molar-refractivity contribution is 7.90. The van der Waals surface area contributed by atoms with Crippen molar-refractivity contribution in [2.75, 3.05) is 19.5 Å². The average molecular weight is 405 g/mol. The summed E-state index contributed by atoms with van der Waals surface area (Å²) in [6.45, 7) is 0. The molecule has 0 saturated heterocycles. The molecule has 2 amide bonds. The van der Waals surface area contributed by atoms with Gasteiger partial charge in [-0.15, -0.1) is 0 Å². The minimum absolute atomic E-state index is 0.0993. The molecule has 12 heteroatoms. The van der Waals surface area contributed by atoms with Crippen LogP contribution in [0.3, 0.4) is 0 Å². The Bertz CT molecular complexity index is 1060. The minimum atomic E-state index is -4.25. The summed E-state index contributed by atoms with van der Waals surface area (Å²) in [7, 11) is -1.51. The third kappa shape index (κ3) is 4.17. The van der Waals surface area contributed by atoms with Gasteiger partial charge in [-0.05, 0) is 12.1 Å². The van der Waals surface area contributed by atoms with E-state index in [-0.39, 0.29) is 34.1 Å². The van der Waals surface area contributed by atoms with Gasteiger partial charge in [-0.2, -0.15) is 9.97 Å². The smallest absolute Gasteiger partial charge is 0.335 e. The van der Waals surface area contributed by atoms with Gasteiger partial charge in [-0.1, -0.05) is 12.1 Å². The minimum Gasteiger partial charge on any atom is -0.481 e. The molecule has 0 aliphatic rings. The van der Waals surface area contributed by atoms with E-state index in [1.54, 1.807) is 6.07 Å². The van der Waals surface area contributed by atoms with Gasteiger partial charge in [-0.25, -0.2) is 22.9 Å². The number of methoxy groups -OCH3 is 2. The van der Waals surface area contributed by atoms with Crippen LogP contribution in [0.15, 0.2) is 52.1 Å². The van der Waals surface area contributed by atoms with Gasteiger partial charge < -0.3 is 13.9 Å². The van der Waals surface area contributed by atoms with Gasteiger partial charge in [-0.3, -0.25) is 5.32 Å². The molecule has 2 aromatic heterocycles. The SMILES string of the molecule is COc1cc(OC)nc(NC(=O)NS(=O)(=O)c2ccccc2-c2ncco2)n1. The van der Waals surface area contributed by atoms with Crippen LogP contribution in [0.2, 0.25) is 0 Å². The van der Waals surface area contributed by atoms with Crippen LogP contribution in [0.1, 0.15) is 0 Å². The standard InChI is InChI=1S/C16H15N5O6S/c1-25-12-9-13(26-2)19-15(18-12)20-16(22)21-28(23,24)11-6-4-3-5-10(11)14-17-7-8-27-14/h3-9H,1-2H3,(H2,18,19,20,21,22). The molecule has 0 unspecified atom stereocenters. The molecule has 11 nitrogen and oxygen atoms in total. The van der Waals surface area contributed by atoms with Gasteiger partial charge in [0, 0.05) is 0 Å². The second-order valence-corrected chi connectivity index (χ2v) is 6.82. The largest absolute Gasteiger partial charge is 0.481 e. The highest BCUT2D eigenvalue weighted by atomic mass is 32.2. The second-order valence-electron chi connectivity index (χ2n) is 5.17. The first-order valence-electron chi connectivity index (χ1n) is 7.72. The lowest BCUT2D eigenvalue weighted by Gasteiger charge is -2.11. The molecule has 0 fully saturated rings. The number of carbonyl (C=O) groups is 1. The van der Waals surface area contributed by atoms with Crippen molar-refractivity contribution in [1.29, 1.82) is 0 Å². The number of sulfonamides is 1. The van der Waals surface area contributed by atoms with E-state index >= 15 is 0 Å². The highest BCUT2D eigenvalue weighted by Gasteiger charge is 2.24. The first kappa shape index (κ1) is 19.1. The van der Waals surface area contributed by atoms with Crippen molar-refractivity contribution in [3.05, 3.63) is 42.8 Å². The average Bonchev–Trinajstić information content (AvgIpc) is 3.21. The molecule has 2 N–H and O–H groups in total. The molecule has 2 heterocycles. The normalized spacial score (nSPS) is 10.9. The lowest BCUT2D eigenvalue weighted by Crippen LogP contribution is -2.35. The van der Waals surface area contributed by atoms with Gasteiger partial charge in [0.25, 0.3) is 10.0 Å². The molecule has 3 rings (SSSR count). The van der Waals surface area contributed by atoms with E-state index in [9.17, 15) is 13.2 Å². The van der Waals surface area contributed by atoms with Gasteiger partial charge >= 0.3 is 6.03 Å². The summed E-state index contributed by atoms with van der Waals surface area (Å²) in [5, 5.41) is 2.22. The molecule has 28 heavy (non-hydrogen) atoms. The second kappa shape index (κ2) is 7.92. The molecule has 3 aromatic rings. The summed E-state index contributed by atoms with van der Waals surface area (Å²) < 4.78 is 42.3. The maximum Gasteiger partial charge on any atom is 0.335 e. The number of carbonyl (C=O) groups excluding carboxylic acids is 1. The number of aromatic nitrogens is 3. The van der Waals surface area contributed by atoms with Crippen LogP contribution >= 0.6 is 0 Å². The predicted octanol–water partition coefficient (Wildman–Crippen LogP) is 1.66. The number of hydrogen-bond donors (Lipinski definition) is 2. The topological polar surface area (TPSA) is 146 Å². The Labute approximate surface area is 159 Å². The number of urea groups is 1. The molecule has 0 radical (unpaired) electrons. The monoisotopic (exact) mass is 405 g/mol. The van der Waals surface area contributed by atoms with Crippen molar-refractivity contribution in [3.8, 4) is 23.2 Å². The Balaban J connectivity index is 1.83. The molecule has 0 aliphatic heterocycles. The van der Waals surface area contributed by atoms with Crippen LogP contribution in [0.25, 0.3) is 11.5 Å². The molecule has 0 aliphatic carbocycles. The van der Waals surface area contributed by atoms with E-state index in [1.807, 2.05) is 4.72 Å². The van der Waals surface area contributed by atoms with E-state index in [0.717, 1.165) is 0 Å². The third-order valence-corrected chi connectivity index (χ3v) is 4.78. The van der Waals surface area contributed by atoms with Crippen LogP contribution in [0.5, 0.6) is 11.8 Å². The summed E-state index contributed by atoms with van der Waals surface area (Å²) in [5.74, 6) is 0.144. The fourth-order valence-corrected chi connectivity index (χ4v) is 3.31. The number of oxazole rings is 1. The van der Waals surface area contributed by atoms with Crippen LogP contribution in [-0.2, 0) is 10.0 Å². The zero-order valence-electron chi connectivity index (χ0n) is 14.7. The summed E-state index contributed by atoms with van der Waals surface area (Å²) in [6.07, 6.45) is 2.69. The van der Waals surface area contributed by atoms with Crippen LogP contribution in [0.4, 0.5) is 10.7 Å². The Morgan fingerprint density at radius 3 is 2.39 bits per heavy atom. The molecular weight excluding hydrogens is 390 g/mol. The van der Waals surface area contributed by atoms with E-state index < -0.39 is 16.1 Å². The Kier molecular flexibility index (Phi) is 5.40. The van der Waals surface area contributed by atoms with Gasteiger partial charge in [0.1, 0.15) is 11.2 Å². The van der Waals surface area contributed by atoms with Gasteiger partial charge in [0.15, 0.2) is 0 Å². The number of nitrogens with zero attached hydrogens (tertiary/aromatic N) is 3. The number of amides is 2. The predicted molar refractivity (Wildman–Crippen MR) is 96.4 cm³/mol. The van der Waals surface area contributed by atoms with Crippen LogP contribution in [0, 0.1) is 0 Å². The first-order valence-corrected chi connectivity index (χ1v) is 9.21. The number of benzene rings is 1. The van der Waals surface area contributed by atoms with Gasteiger partial charge in [0.05, 0.1) is 32.0 Å². The van der Waals surface area contributed by atoms with Crippen molar-refractivity contribution in [1.82, 2.24) is 19.7 Å². The maximum atomic E-state index is 12.7. The number of rotatable bonds is 6. The Morgan fingerprint density at radius 2 is 1.79 bits per heavy atom.